The van der Waals surface area contributed by atoms with Crippen molar-refractivity contribution in [1.29, 1.82) is 0 Å². The first-order valence-corrected chi connectivity index (χ1v) is 41.1. The van der Waals surface area contributed by atoms with Gasteiger partial charge in [0.2, 0.25) is 0 Å². The molecule has 18 aromatic carbocycles. The number of rotatable bonds is 4. The maximum absolute atomic E-state index is 7.07. The molecule has 0 radical (unpaired) electrons. The predicted octanol–water partition coefficient (Wildman–Crippen LogP) is 31.7. The van der Waals surface area contributed by atoms with Gasteiger partial charge in [0.1, 0.15) is 67.0 Å². The molecule has 6 nitrogen and oxygen atoms in total. The Morgan fingerprint density at radius 3 is 0.862 bits per heavy atom. The minimum Gasteiger partial charge on any atom is -0.456 e. The van der Waals surface area contributed by atoms with E-state index in [0.717, 1.165) is 132 Å². The van der Waals surface area contributed by atoms with Gasteiger partial charge >= 0.3 is 0 Å². The molecular formula is C110H68O6. The van der Waals surface area contributed by atoms with Crippen LogP contribution in [0.25, 0.3) is 241 Å². The second-order valence-electron chi connectivity index (χ2n) is 33.1. The number of hydrogen-bond donors (Lipinski definition) is 0. The van der Waals surface area contributed by atoms with Crippen LogP contribution in [-0.2, 0) is 10.8 Å². The van der Waals surface area contributed by atoms with Crippen molar-refractivity contribution in [3.05, 3.63) is 338 Å². The van der Waals surface area contributed by atoms with Crippen LogP contribution in [0.3, 0.4) is 0 Å². The molecule has 28 rings (SSSR count). The first-order valence-electron chi connectivity index (χ1n) is 41.1. The Morgan fingerprint density at radius 1 is 0.172 bits per heavy atom. The number of fused-ring (bicyclic) bond motifs is 36. The average molecular weight is 1490 g/mol. The third-order valence-corrected chi connectivity index (χ3v) is 27.6. The summed E-state index contributed by atoms with van der Waals surface area (Å²) in [5, 5.41) is 23.1. The van der Waals surface area contributed by atoms with Gasteiger partial charge in [-0.05, 0) is 185 Å². The second kappa shape index (κ2) is 23.3. The number of furan rings is 6. The first kappa shape index (κ1) is 63.3. The number of para-hydroxylation sites is 5. The normalized spacial score (nSPS) is 14.8. The van der Waals surface area contributed by atoms with E-state index in [1.54, 1.807) is 0 Å². The van der Waals surface area contributed by atoms with Crippen molar-refractivity contribution in [2.24, 2.45) is 0 Å². The molecule has 0 unspecified atom stereocenters. The van der Waals surface area contributed by atoms with Gasteiger partial charge in [0, 0.05) is 109 Å². The molecule has 24 aromatic rings. The lowest BCUT2D eigenvalue weighted by Crippen LogP contribution is -2.20. The third-order valence-electron chi connectivity index (χ3n) is 27.6. The smallest absolute Gasteiger partial charge is 0.143 e. The van der Waals surface area contributed by atoms with E-state index in [1.807, 2.05) is 42.5 Å². The largest absolute Gasteiger partial charge is 0.456 e. The van der Waals surface area contributed by atoms with E-state index < -0.39 is 0 Å². The second-order valence-corrected chi connectivity index (χ2v) is 33.1. The summed E-state index contributed by atoms with van der Waals surface area (Å²) in [7, 11) is 0. The van der Waals surface area contributed by atoms with Crippen molar-refractivity contribution in [3.8, 4) is 66.8 Å². The fourth-order valence-electron chi connectivity index (χ4n) is 23.1. The summed E-state index contributed by atoms with van der Waals surface area (Å²) in [6.07, 6.45) is 9.93. The maximum atomic E-state index is 7.07. The van der Waals surface area contributed by atoms with Crippen molar-refractivity contribution in [2.45, 2.75) is 62.2 Å². The molecule has 4 aliphatic carbocycles. The highest BCUT2D eigenvalue weighted by atomic mass is 16.4. The van der Waals surface area contributed by atoms with Crippen LogP contribution in [0, 0.1) is 0 Å². The minimum absolute atomic E-state index is 0.102. The summed E-state index contributed by atoms with van der Waals surface area (Å²) in [5.74, 6) is 0. The molecule has 544 valence electrons. The zero-order valence-corrected chi connectivity index (χ0v) is 63.1. The highest BCUT2D eigenvalue weighted by molar-refractivity contribution is 6.32. The van der Waals surface area contributed by atoms with Gasteiger partial charge in [-0.2, -0.15) is 0 Å². The molecule has 0 atom stereocenters. The van der Waals surface area contributed by atoms with Gasteiger partial charge in [-0.1, -0.05) is 280 Å². The van der Waals surface area contributed by atoms with Gasteiger partial charge < -0.3 is 26.5 Å². The fourth-order valence-corrected chi connectivity index (χ4v) is 23.1. The fraction of sp³-hybridized carbons (Fsp3) is 0.0909. The van der Waals surface area contributed by atoms with Crippen molar-refractivity contribution in [1.82, 2.24) is 0 Å². The zero-order valence-electron chi connectivity index (χ0n) is 63.1. The van der Waals surface area contributed by atoms with Crippen LogP contribution in [0.2, 0.25) is 0 Å². The van der Waals surface area contributed by atoms with E-state index in [1.165, 1.54) is 183 Å². The van der Waals surface area contributed by atoms with Gasteiger partial charge in [-0.25, -0.2) is 0 Å². The van der Waals surface area contributed by atoms with Crippen LogP contribution in [0.15, 0.2) is 342 Å². The lowest BCUT2D eigenvalue weighted by Gasteiger charge is -2.26. The molecule has 0 saturated heterocycles. The standard InChI is InChI=1S/2C55H34O3/c1-3-15-33-31(13-1)47(37-19-11-21-39-51-45(57-53(37)39)26-25-42-49(51)35-17-5-7-23-41(35)55(42)29-9-10-30-55)32-14-2-4-16-34(32)48(33)38-20-12-22-40-52-46(58-54(38)40)28-27-44-50(52)36-18-6-8-24-43(36)56-44;1-3-14-34-32(12-1)48(31-22-23-38-47(30-31)57-45-27-26-44-51(52(38)45)37-17-6-8-21-43(37)56-44)33-13-2-4-15-35(33)49(34)39-18-11-19-40-53-46(58-54(39)40)25-24-42-50(53)36-16-5-7-20-41(36)55(42)28-9-10-29-55/h1-8,11-28H,9-10,29-30H2;1-8,11-27,30H,9-10,28-29H2. The molecule has 0 N–H and O–H groups in total. The van der Waals surface area contributed by atoms with E-state index >= 15 is 0 Å². The van der Waals surface area contributed by atoms with Crippen molar-refractivity contribution < 1.29 is 26.5 Å². The predicted molar refractivity (Wildman–Crippen MR) is 478 cm³/mol. The highest BCUT2D eigenvalue weighted by Gasteiger charge is 2.48. The van der Waals surface area contributed by atoms with E-state index in [0.29, 0.717) is 0 Å². The monoisotopic (exact) mass is 1480 g/mol. The molecule has 2 saturated carbocycles. The topological polar surface area (TPSA) is 78.8 Å². The first-order chi connectivity index (χ1) is 57.5. The SMILES string of the molecule is c1ccc2c(c1)-c1c(ccc3oc4c(-c5c6ccccc6c(-c6ccc7c(c6)oc6ccc8oc9ccccc9c8c67)c6ccccc56)cccc4c13)C21CCCC1.c1ccc2c(c1)-c1c(ccc3oc4c(-c5c6ccccc6c(-c6cccc7c6oc6ccc8oc9ccccc9c8c67)c6ccccc56)cccc4c13)C21CCCC1. The molecule has 0 amide bonds. The van der Waals surface area contributed by atoms with Crippen LogP contribution >= 0.6 is 0 Å². The van der Waals surface area contributed by atoms with Crippen LogP contribution in [-0.4, -0.2) is 0 Å². The Labute approximate surface area is 663 Å². The quantitative estimate of drug-likeness (QED) is 0.163. The Bertz CT molecular complexity index is 8380. The van der Waals surface area contributed by atoms with Crippen LogP contribution in [0.4, 0.5) is 0 Å². The van der Waals surface area contributed by atoms with Crippen molar-refractivity contribution >= 4 is 175 Å². The highest BCUT2D eigenvalue weighted by Crippen LogP contribution is 2.63. The summed E-state index contributed by atoms with van der Waals surface area (Å²) in [6.45, 7) is 0. The van der Waals surface area contributed by atoms with Gasteiger partial charge in [0.25, 0.3) is 0 Å². The van der Waals surface area contributed by atoms with Crippen LogP contribution in [0.5, 0.6) is 0 Å². The molecule has 6 aromatic heterocycles. The summed E-state index contributed by atoms with van der Waals surface area (Å²) >= 11 is 0. The lowest BCUT2D eigenvalue weighted by atomic mass is 9.76. The molecule has 2 spiro atoms. The molecule has 0 bridgehead atoms. The molecule has 6 heterocycles. The zero-order chi connectivity index (χ0) is 75.4. The minimum atomic E-state index is 0.102. The van der Waals surface area contributed by atoms with E-state index in [-0.39, 0.29) is 10.8 Å². The lowest BCUT2D eigenvalue weighted by molar-refractivity contribution is 0.550. The maximum Gasteiger partial charge on any atom is 0.143 e. The third kappa shape index (κ3) is 8.29. The molecule has 6 heteroatoms. The number of hydrogen-bond acceptors (Lipinski definition) is 6. The van der Waals surface area contributed by atoms with E-state index in [4.69, 9.17) is 26.5 Å². The molecule has 0 aliphatic heterocycles. The summed E-state index contributed by atoms with van der Waals surface area (Å²) in [5.41, 5.74) is 31.6. The van der Waals surface area contributed by atoms with Crippen molar-refractivity contribution in [2.75, 3.05) is 0 Å². The van der Waals surface area contributed by atoms with Crippen LogP contribution < -0.4 is 0 Å². The van der Waals surface area contributed by atoms with E-state index in [2.05, 4.69) is 273 Å². The van der Waals surface area contributed by atoms with Crippen LogP contribution in [0.1, 0.15) is 73.6 Å². The molecule has 116 heavy (non-hydrogen) atoms. The Hall–Kier alpha value is -14.2. The summed E-state index contributed by atoms with van der Waals surface area (Å²) in [6, 6.07) is 115. The number of benzene rings is 18. The average Bonchev–Trinajstić information content (AvgIpc) is 0.921. The Morgan fingerprint density at radius 2 is 0.457 bits per heavy atom. The Balaban J connectivity index is 0.000000124. The molecular weight excluding hydrogens is 1420 g/mol. The van der Waals surface area contributed by atoms with Gasteiger partial charge in [-0.15, -0.1) is 0 Å². The van der Waals surface area contributed by atoms with Gasteiger partial charge in [0.15, 0.2) is 0 Å². The van der Waals surface area contributed by atoms with Gasteiger partial charge in [-0.3, -0.25) is 0 Å². The molecule has 4 aliphatic rings. The molecule has 2 fully saturated rings. The summed E-state index contributed by atoms with van der Waals surface area (Å²) < 4.78 is 40.3. The van der Waals surface area contributed by atoms with Crippen molar-refractivity contribution in [3.63, 3.8) is 0 Å². The van der Waals surface area contributed by atoms with E-state index in [9.17, 15) is 0 Å². The van der Waals surface area contributed by atoms with Gasteiger partial charge in [0.05, 0.1) is 0 Å². The Kier molecular flexibility index (Phi) is 12.7. The summed E-state index contributed by atoms with van der Waals surface area (Å²) in [4.78, 5) is 0.